The molecule has 10 radical (unpaired) electrons. The zero-order valence-electron chi connectivity index (χ0n) is 36.8. The van der Waals surface area contributed by atoms with Crippen molar-refractivity contribution in [1.82, 2.24) is 51.1 Å². The zero-order valence-corrected chi connectivity index (χ0v) is 36.8. The minimum Gasteiger partial charge on any atom is -0.353 e. The zero-order chi connectivity index (χ0) is 46.6. The highest BCUT2D eigenvalue weighted by Crippen LogP contribution is 2.27. The maximum atomic E-state index is 13.4. The highest BCUT2D eigenvalue weighted by molar-refractivity contribution is 6.21. The van der Waals surface area contributed by atoms with Gasteiger partial charge in [0.2, 0.25) is 53.2 Å². The molecule has 24 heteroatoms. The van der Waals surface area contributed by atoms with Gasteiger partial charge in [0.05, 0.1) is 77.5 Å². The first-order valence-corrected chi connectivity index (χ1v) is 21.8. The molecule has 5 N–H and O–H groups in total. The van der Waals surface area contributed by atoms with Crippen molar-refractivity contribution in [2.45, 2.75) is 126 Å². The van der Waals surface area contributed by atoms with Crippen molar-refractivity contribution < 1.29 is 43.2 Å². The molecule has 3 saturated carbocycles. The molecule has 0 saturated heterocycles. The lowest BCUT2D eigenvalue weighted by Crippen LogP contribution is -2.55. The molecule has 6 atom stereocenters. The van der Waals surface area contributed by atoms with Crippen molar-refractivity contribution in [2.75, 3.05) is 66.5 Å². The number of likely N-dealkylation sites (N-methyl/N-ethyl adjacent to an activating group) is 2. The van der Waals surface area contributed by atoms with Crippen LogP contribution in [-0.2, 0) is 43.2 Å². The molecule has 63 heavy (non-hydrogen) atoms. The Hall–Kier alpha value is -4.49. The number of carbonyl (C=O) groups is 9. The maximum absolute atomic E-state index is 13.4. The van der Waals surface area contributed by atoms with Crippen LogP contribution >= 0.6 is 0 Å². The molecule has 3 aliphatic rings. The maximum Gasteiger partial charge on any atom is 0.239 e. The molecule has 3 fully saturated rings. The Balaban J connectivity index is 1.54. The van der Waals surface area contributed by atoms with Crippen LogP contribution in [0.5, 0.6) is 0 Å². The largest absolute Gasteiger partial charge is 0.353 e. The molecule has 0 aromatic rings. The normalized spacial score (nSPS) is 21.4. The summed E-state index contributed by atoms with van der Waals surface area (Å²) in [7, 11) is 31.6. The Morgan fingerprint density at radius 1 is 0.460 bits per heavy atom. The summed E-state index contributed by atoms with van der Waals surface area (Å²) in [5.41, 5.74) is 0. The second-order valence-electron chi connectivity index (χ2n) is 16.1. The SMILES string of the molecule is [B]CC(=O)N(CCNC(=O)CN(C(=O)C[B])[C@H]1CCC[C@@H]1NC(=O)CN(CCNC(=O)CN(C(=O)C[B])[C@H]1CCC[C@@H]1NC)C(=O)C[B])CC(=O)N[C@H]1CCC[C@@H]1N(C)C(=O)C[B]. The van der Waals surface area contributed by atoms with Crippen molar-refractivity contribution >= 4 is 92.4 Å². The summed E-state index contributed by atoms with van der Waals surface area (Å²) in [4.78, 5) is 123. The van der Waals surface area contributed by atoms with Crippen LogP contribution in [0.25, 0.3) is 0 Å². The summed E-state index contributed by atoms with van der Waals surface area (Å²) in [6, 6.07) is -1.88. The van der Waals surface area contributed by atoms with Gasteiger partial charge in [-0.25, -0.2) is 0 Å². The minimum atomic E-state index is -0.604. The molecular weight excluding hydrogens is 807 g/mol. The van der Waals surface area contributed by atoms with Gasteiger partial charge < -0.3 is 51.1 Å². The number of hydrogen-bond donors (Lipinski definition) is 5. The van der Waals surface area contributed by atoms with Crippen LogP contribution in [0.3, 0.4) is 0 Å². The van der Waals surface area contributed by atoms with Crippen LogP contribution in [0.1, 0.15) is 57.8 Å². The smallest absolute Gasteiger partial charge is 0.239 e. The second kappa shape index (κ2) is 27.0. The Labute approximate surface area is 377 Å². The highest BCUT2D eigenvalue weighted by atomic mass is 16.2. The third-order valence-electron chi connectivity index (χ3n) is 12.1. The summed E-state index contributed by atoms with van der Waals surface area (Å²) in [5.74, 6) is -4.21. The van der Waals surface area contributed by atoms with E-state index in [2.05, 4.69) is 26.6 Å². The van der Waals surface area contributed by atoms with Gasteiger partial charge in [-0.15, -0.1) is 0 Å². The molecule has 0 heterocycles. The summed E-state index contributed by atoms with van der Waals surface area (Å²) in [5, 5.41) is 14.4. The van der Waals surface area contributed by atoms with E-state index in [0.717, 1.165) is 25.7 Å². The molecule has 336 valence electrons. The molecule has 0 spiro atoms. The van der Waals surface area contributed by atoms with E-state index >= 15 is 0 Å². The Bertz CT molecular complexity index is 1620. The number of amides is 9. The van der Waals surface area contributed by atoms with Gasteiger partial charge in [-0.3, -0.25) is 43.2 Å². The van der Waals surface area contributed by atoms with Crippen LogP contribution in [-0.4, -0.2) is 220 Å². The third-order valence-corrected chi connectivity index (χ3v) is 12.1. The Morgan fingerprint density at radius 2 is 0.825 bits per heavy atom. The molecule has 9 amide bonds. The van der Waals surface area contributed by atoms with E-state index in [4.69, 9.17) is 39.2 Å². The first kappa shape index (κ1) is 52.9. The van der Waals surface area contributed by atoms with E-state index in [1.165, 1.54) is 24.5 Å². The molecule has 3 aliphatic carbocycles. The number of hydrogen-bond acceptors (Lipinski definition) is 10. The minimum absolute atomic E-state index is 0.0224. The van der Waals surface area contributed by atoms with Crippen LogP contribution < -0.4 is 26.6 Å². The van der Waals surface area contributed by atoms with Gasteiger partial charge in [0.15, 0.2) is 0 Å². The van der Waals surface area contributed by atoms with Crippen LogP contribution in [0.15, 0.2) is 0 Å². The van der Waals surface area contributed by atoms with E-state index < -0.39 is 79.2 Å². The van der Waals surface area contributed by atoms with E-state index in [1.54, 1.807) is 14.1 Å². The molecule has 0 bridgehead atoms. The fraction of sp³-hybridized carbons (Fsp3) is 0.769. The predicted molar refractivity (Wildman–Crippen MR) is 238 cm³/mol. The third kappa shape index (κ3) is 15.9. The lowest BCUT2D eigenvalue weighted by molar-refractivity contribution is -0.138. The molecule has 0 aromatic carbocycles. The van der Waals surface area contributed by atoms with Gasteiger partial charge in [0.25, 0.3) is 0 Å². The van der Waals surface area contributed by atoms with E-state index in [0.29, 0.717) is 32.1 Å². The number of rotatable bonds is 25. The van der Waals surface area contributed by atoms with Gasteiger partial charge in [-0.2, -0.15) is 0 Å². The van der Waals surface area contributed by atoms with Crippen molar-refractivity contribution in [3.05, 3.63) is 0 Å². The molecule has 0 aliphatic heterocycles. The summed E-state index contributed by atoms with van der Waals surface area (Å²) in [6.07, 6.45) is 4.59. The van der Waals surface area contributed by atoms with Crippen molar-refractivity contribution in [1.29, 1.82) is 0 Å². The number of nitrogens with one attached hydrogen (secondary N) is 5. The van der Waals surface area contributed by atoms with Gasteiger partial charge in [-0.05, 0) is 96.4 Å². The van der Waals surface area contributed by atoms with E-state index in [-0.39, 0.29) is 94.2 Å². The predicted octanol–water partition coefficient (Wildman–Crippen LogP) is -3.86. The average Bonchev–Trinajstić information content (AvgIpc) is 4.06. The average molecular weight is 868 g/mol. The van der Waals surface area contributed by atoms with Crippen LogP contribution in [0.2, 0.25) is 31.6 Å². The van der Waals surface area contributed by atoms with E-state index in [1.807, 2.05) is 0 Å². The summed E-state index contributed by atoms with van der Waals surface area (Å²) >= 11 is 0. The molecular formula is C39H61B5N10O9. The highest BCUT2D eigenvalue weighted by Gasteiger charge is 2.38. The quantitative estimate of drug-likeness (QED) is 0.0562. The monoisotopic (exact) mass is 869 g/mol. The second-order valence-corrected chi connectivity index (χ2v) is 16.1. The van der Waals surface area contributed by atoms with E-state index in [9.17, 15) is 43.2 Å². The van der Waals surface area contributed by atoms with Crippen molar-refractivity contribution in [2.24, 2.45) is 0 Å². The van der Waals surface area contributed by atoms with Crippen LogP contribution in [0, 0.1) is 0 Å². The molecule has 19 nitrogen and oxygen atoms in total. The topological polar surface area (TPSA) is 230 Å². The lowest BCUT2D eigenvalue weighted by atomic mass is 10.0. The molecule has 3 rings (SSSR count). The lowest BCUT2D eigenvalue weighted by Gasteiger charge is -2.34. The van der Waals surface area contributed by atoms with Gasteiger partial charge in [-0.1, -0.05) is 0 Å². The Kier molecular flexibility index (Phi) is 22.6. The Morgan fingerprint density at radius 3 is 1.22 bits per heavy atom. The van der Waals surface area contributed by atoms with Crippen LogP contribution in [0.4, 0.5) is 0 Å². The standard InChI is InChI=1S/C39H61B5N10O9/c1-45-25-6-3-10-29(25)53(38(62)19-43)23-31(55)46-12-15-52(37(61)18-42)22-34(58)49-27-8-5-11-30(27)54(39(63)20-44)24-32(56)47-13-14-51(36(60)17-41)21-33(57)48-26-7-4-9-28(26)50(2)35(59)16-40/h25-30,45H,3-24H2,1-2H3,(H,46,55)(H,47,56)(H,48,57)(H,49,58)/t25-,26-,27-,28-,29-,30-/m0/s1. The molecule has 0 aromatic heterocycles. The van der Waals surface area contributed by atoms with Crippen molar-refractivity contribution in [3.63, 3.8) is 0 Å². The fourth-order valence-electron chi connectivity index (χ4n) is 8.82. The number of nitrogens with zero attached hydrogens (tertiary/aromatic N) is 5. The van der Waals surface area contributed by atoms with Gasteiger partial charge in [0.1, 0.15) is 0 Å². The molecule has 0 unspecified atom stereocenters. The fourth-order valence-corrected chi connectivity index (χ4v) is 8.82. The summed E-state index contributed by atoms with van der Waals surface area (Å²) in [6.45, 7) is -1.55. The van der Waals surface area contributed by atoms with Gasteiger partial charge >= 0.3 is 0 Å². The van der Waals surface area contributed by atoms with Gasteiger partial charge in [0, 0.05) is 57.4 Å². The first-order valence-electron chi connectivity index (χ1n) is 21.8. The first-order chi connectivity index (χ1) is 30.1. The summed E-state index contributed by atoms with van der Waals surface area (Å²) < 4.78 is 0. The number of carbonyl (C=O) groups excluding carboxylic acids is 9. The van der Waals surface area contributed by atoms with Crippen molar-refractivity contribution in [3.8, 4) is 0 Å².